The highest BCUT2D eigenvalue weighted by Gasteiger charge is 2.12. The van der Waals surface area contributed by atoms with Gasteiger partial charge in [-0.15, -0.1) is 0 Å². The number of nitrogens with zero attached hydrogens (tertiary/aromatic N) is 1. The molecular formula is C18H32N2O. The Kier molecular flexibility index (Phi) is 8.58. The maximum absolute atomic E-state index is 5.14. The third kappa shape index (κ3) is 7.07. The molecule has 0 heterocycles. The maximum atomic E-state index is 5.14. The molecule has 1 atom stereocenters. The van der Waals surface area contributed by atoms with Gasteiger partial charge < -0.3 is 15.0 Å². The molecule has 0 aliphatic carbocycles. The van der Waals surface area contributed by atoms with Gasteiger partial charge in [-0.25, -0.2) is 0 Å². The third-order valence-electron chi connectivity index (χ3n) is 3.76. The Bertz CT molecular complexity index is 386. The highest BCUT2D eigenvalue weighted by atomic mass is 16.5. The summed E-state index contributed by atoms with van der Waals surface area (Å²) in [5.41, 5.74) is 4.11. The fourth-order valence-electron chi connectivity index (χ4n) is 2.62. The fourth-order valence-corrected chi connectivity index (χ4v) is 2.62. The molecule has 1 unspecified atom stereocenters. The minimum absolute atomic E-state index is 0.438. The van der Waals surface area contributed by atoms with Crippen LogP contribution < -0.4 is 5.32 Å². The average Bonchev–Trinajstić information content (AvgIpc) is 2.44. The first-order valence-corrected chi connectivity index (χ1v) is 8.05. The zero-order valence-corrected chi connectivity index (χ0v) is 14.4. The molecule has 0 saturated carbocycles. The monoisotopic (exact) mass is 292 g/mol. The Balaban J connectivity index is 2.66. The van der Waals surface area contributed by atoms with Crippen molar-refractivity contribution < 1.29 is 4.74 Å². The maximum Gasteiger partial charge on any atom is 0.0589 e. The second kappa shape index (κ2) is 9.93. The summed E-state index contributed by atoms with van der Waals surface area (Å²) in [7, 11) is 3.92. The summed E-state index contributed by atoms with van der Waals surface area (Å²) in [6.07, 6.45) is 2.30. The Morgan fingerprint density at radius 1 is 1.14 bits per heavy atom. The lowest BCUT2D eigenvalue weighted by atomic mass is 9.98. The van der Waals surface area contributed by atoms with E-state index in [0.29, 0.717) is 6.04 Å². The number of benzene rings is 1. The summed E-state index contributed by atoms with van der Waals surface area (Å²) in [5.74, 6) is 0. The summed E-state index contributed by atoms with van der Waals surface area (Å²) in [6, 6.07) is 7.31. The van der Waals surface area contributed by atoms with Gasteiger partial charge in [-0.05, 0) is 52.4 Å². The molecule has 0 saturated heterocycles. The highest BCUT2D eigenvalue weighted by molar-refractivity contribution is 5.30. The topological polar surface area (TPSA) is 24.5 Å². The minimum Gasteiger partial charge on any atom is -0.383 e. The zero-order chi connectivity index (χ0) is 15.7. The number of hydrogen-bond donors (Lipinski definition) is 1. The molecular weight excluding hydrogens is 260 g/mol. The largest absolute Gasteiger partial charge is 0.383 e. The lowest BCUT2D eigenvalue weighted by molar-refractivity contribution is 0.158. The number of hydrogen-bond acceptors (Lipinski definition) is 3. The van der Waals surface area contributed by atoms with E-state index in [1.165, 1.54) is 23.1 Å². The van der Waals surface area contributed by atoms with E-state index >= 15 is 0 Å². The molecule has 3 heteroatoms. The van der Waals surface area contributed by atoms with E-state index in [0.717, 1.165) is 32.7 Å². The van der Waals surface area contributed by atoms with Crippen molar-refractivity contribution >= 4 is 0 Å². The lowest BCUT2D eigenvalue weighted by Crippen LogP contribution is -2.29. The standard InChI is InChI=1S/C18H32N2O/c1-6-8-19-18(7-9-20(4)10-11-21-5)17-13-15(2)12-16(3)14-17/h12-14,18-19H,6-11H2,1-5H3. The van der Waals surface area contributed by atoms with Crippen molar-refractivity contribution in [3.63, 3.8) is 0 Å². The molecule has 1 N–H and O–H groups in total. The Morgan fingerprint density at radius 3 is 2.38 bits per heavy atom. The van der Waals surface area contributed by atoms with E-state index in [1.807, 2.05) is 0 Å². The number of likely N-dealkylation sites (N-methyl/N-ethyl adjacent to an activating group) is 1. The van der Waals surface area contributed by atoms with Crippen LogP contribution >= 0.6 is 0 Å². The predicted molar refractivity (Wildman–Crippen MR) is 90.9 cm³/mol. The van der Waals surface area contributed by atoms with Crippen LogP contribution in [0.25, 0.3) is 0 Å². The summed E-state index contributed by atoms with van der Waals surface area (Å²) in [4.78, 5) is 2.34. The van der Waals surface area contributed by atoms with Crippen molar-refractivity contribution in [2.75, 3.05) is 40.4 Å². The summed E-state index contributed by atoms with van der Waals surface area (Å²) >= 11 is 0. The van der Waals surface area contributed by atoms with Crippen molar-refractivity contribution in [1.29, 1.82) is 0 Å². The van der Waals surface area contributed by atoms with Crippen LogP contribution in [0, 0.1) is 13.8 Å². The van der Waals surface area contributed by atoms with E-state index < -0.39 is 0 Å². The Hall–Kier alpha value is -0.900. The van der Waals surface area contributed by atoms with Gasteiger partial charge >= 0.3 is 0 Å². The van der Waals surface area contributed by atoms with E-state index in [-0.39, 0.29) is 0 Å². The van der Waals surface area contributed by atoms with E-state index in [9.17, 15) is 0 Å². The van der Waals surface area contributed by atoms with Crippen molar-refractivity contribution in [2.45, 2.75) is 39.7 Å². The highest BCUT2D eigenvalue weighted by Crippen LogP contribution is 2.20. The first kappa shape index (κ1) is 18.1. The molecule has 0 radical (unpaired) electrons. The molecule has 0 aliphatic heterocycles. The lowest BCUT2D eigenvalue weighted by Gasteiger charge is -2.23. The second-order valence-electron chi connectivity index (χ2n) is 6.01. The molecule has 0 aliphatic rings. The van der Waals surface area contributed by atoms with E-state index in [1.54, 1.807) is 7.11 Å². The van der Waals surface area contributed by atoms with Gasteiger partial charge in [0, 0.05) is 19.7 Å². The van der Waals surface area contributed by atoms with Crippen LogP contribution in [-0.2, 0) is 4.74 Å². The molecule has 0 bridgehead atoms. The first-order chi connectivity index (χ1) is 10.1. The van der Waals surface area contributed by atoms with Gasteiger partial charge in [0.15, 0.2) is 0 Å². The van der Waals surface area contributed by atoms with Gasteiger partial charge in [0.2, 0.25) is 0 Å². The van der Waals surface area contributed by atoms with Crippen LogP contribution in [0.5, 0.6) is 0 Å². The molecule has 0 aromatic heterocycles. The zero-order valence-electron chi connectivity index (χ0n) is 14.4. The van der Waals surface area contributed by atoms with Crippen LogP contribution in [0.2, 0.25) is 0 Å². The molecule has 0 amide bonds. The average molecular weight is 292 g/mol. The molecule has 1 aromatic carbocycles. The summed E-state index contributed by atoms with van der Waals surface area (Å²) in [6.45, 7) is 10.5. The van der Waals surface area contributed by atoms with Crippen LogP contribution in [0.4, 0.5) is 0 Å². The van der Waals surface area contributed by atoms with E-state index in [2.05, 4.69) is 56.2 Å². The first-order valence-electron chi connectivity index (χ1n) is 8.05. The van der Waals surface area contributed by atoms with Crippen LogP contribution in [0.15, 0.2) is 18.2 Å². The SMILES string of the molecule is CCCNC(CCN(C)CCOC)c1cc(C)cc(C)c1. The molecule has 1 aromatic rings. The molecule has 0 fully saturated rings. The number of nitrogens with one attached hydrogen (secondary N) is 1. The van der Waals surface area contributed by atoms with Crippen LogP contribution in [0.1, 0.15) is 42.5 Å². The summed E-state index contributed by atoms with van der Waals surface area (Å²) < 4.78 is 5.14. The fraction of sp³-hybridized carbons (Fsp3) is 0.667. The van der Waals surface area contributed by atoms with Crippen LogP contribution in [0.3, 0.4) is 0 Å². The number of aryl methyl sites for hydroxylation is 2. The molecule has 0 spiro atoms. The van der Waals surface area contributed by atoms with Crippen molar-refractivity contribution in [3.8, 4) is 0 Å². The molecule has 21 heavy (non-hydrogen) atoms. The van der Waals surface area contributed by atoms with Crippen molar-refractivity contribution in [3.05, 3.63) is 34.9 Å². The second-order valence-corrected chi connectivity index (χ2v) is 6.01. The van der Waals surface area contributed by atoms with Gasteiger partial charge in [-0.1, -0.05) is 36.2 Å². The van der Waals surface area contributed by atoms with E-state index in [4.69, 9.17) is 4.74 Å². The molecule has 120 valence electrons. The van der Waals surface area contributed by atoms with Gasteiger partial charge in [0.1, 0.15) is 0 Å². The quantitative estimate of drug-likeness (QED) is 0.716. The minimum atomic E-state index is 0.438. The predicted octanol–water partition coefficient (Wildman–Crippen LogP) is 3.31. The summed E-state index contributed by atoms with van der Waals surface area (Å²) in [5, 5.41) is 3.69. The Morgan fingerprint density at radius 2 is 1.81 bits per heavy atom. The molecule has 3 nitrogen and oxygen atoms in total. The van der Waals surface area contributed by atoms with Gasteiger partial charge in [0.25, 0.3) is 0 Å². The number of methoxy groups -OCH3 is 1. The Labute approximate surface area is 130 Å². The molecule has 1 rings (SSSR count). The normalized spacial score (nSPS) is 12.9. The van der Waals surface area contributed by atoms with Gasteiger partial charge in [-0.2, -0.15) is 0 Å². The third-order valence-corrected chi connectivity index (χ3v) is 3.76. The van der Waals surface area contributed by atoms with Gasteiger partial charge in [-0.3, -0.25) is 0 Å². The number of rotatable bonds is 10. The smallest absolute Gasteiger partial charge is 0.0589 e. The van der Waals surface area contributed by atoms with Crippen molar-refractivity contribution in [2.24, 2.45) is 0 Å². The van der Waals surface area contributed by atoms with Crippen LogP contribution in [-0.4, -0.2) is 45.3 Å². The number of ether oxygens (including phenoxy) is 1. The van der Waals surface area contributed by atoms with Gasteiger partial charge in [0.05, 0.1) is 6.61 Å². The van der Waals surface area contributed by atoms with Crippen molar-refractivity contribution in [1.82, 2.24) is 10.2 Å².